The zero-order chi connectivity index (χ0) is 23.7. The van der Waals surface area contributed by atoms with Crippen LogP contribution in [0, 0.1) is 12.8 Å². The first-order valence-electron chi connectivity index (χ1n) is 12.1. The molecule has 2 aliphatic heterocycles. The Labute approximate surface area is 200 Å². The Bertz CT molecular complexity index is 1200. The van der Waals surface area contributed by atoms with Gasteiger partial charge in [-0.05, 0) is 62.3 Å². The van der Waals surface area contributed by atoms with Gasteiger partial charge in [0.1, 0.15) is 11.6 Å². The molecule has 1 saturated heterocycles. The second-order valence-electron chi connectivity index (χ2n) is 9.33. The van der Waals surface area contributed by atoms with Crippen LogP contribution in [0.25, 0.3) is 17.8 Å². The van der Waals surface area contributed by atoms with Gasteiger partial charge in [0.05, 0.1) is 24.8 Å². The molecule has 1 atom stereocenters. The summed E-state index contributed by atoms with van der Waals surface area (Å²) in [5.74, 6) is 3.82. The number of aromatic nitrogens is 5. The van der Waals surface area contributed by atoms with Crippen molar-refractivity contribution in [1.29, 1.82) is 0 Å². The predicted octanol–water partition coefficient (Wildman–Crippen LogP) is 4.09. The van der Waals surface area contributed by atoms with Gasteiger partial charge in [-0.2, -0.15) is 5.10 Å². The lowest BCUT2D eigenvalue weighted by atomic mass is 9.80. The zero-order valence-corrected chi connectivity index (χ0v) is 20.1. The van der Waals surface area contributed by atoms with E-state index in [-0.39, 0.29) is 5.91 Å². The van der Waals surface area contributed by atoms with Crippen LogP contribution in [-0.4, -0.2) is 55.3 Å². The number of rotatable bonds is 5. The molecule has 3 aromatic rings. The third-order valence-electron chi connectivity index (χ3n) is 7.11. The highest BCUT2D eigenvalue weighted by atomic mass is 16.5. The van der Waals surface area contributed by atoms with Gasteiger partial charge in [-0.15, -0.1) is 0 Å². The molecular formula is C26H32N6O2. The van der Waals surface area contributed by atoms with Crippen LogP contribution in [0.3, 0.4) is 0 Å². The van der Waals surface area contributed by atoms with E-state index in [1.165, 1.54) is 0 Å². The van der Waals surface area contributed by atoms with Crippen molar-refractivity contribution in [2.75, 3.05) is 20.2 Å². The van der Waals surface area contributed by atoms with Crippen molar-refractivity contribution in [3.8, 4) is 11.4 Å². The summed E-state index contributed by atoms with van der Waals surface area (Å²) in [5, 5.41) is 4.78. The quantitative estimate of drug-likeness (QED) is 0.573. The summed E-state index contributed by atoms with van der Waals surface area (Å²) in [4.78, 5) is 22.9. The van der Waals surface area contributed by atoms with Gasteiger partial charge in [-0.1, -0.05) is 12.1 Å². The fourth-order valence-corrected chi connectivity index (χ4v) is 5.27. The predicted molar refractivity (Wildman–Crippen MR) is 131 cm³/mol. The van der Waals surface area contributed by atoms with E-state index < -0.39 is 0 Å². The first kappa shape index (κ1) is 22.4. The molecule has 1 fully saturated rings. The van der Waals surface area contributed by atoms with E-state index in [9.17, 15) is 4.79 Å². The standard InChI is InChI=1S/C26H32N6O2/c1-18-16-31(17-27-18)23-8-6-20(15-24(23)34-3)7-9-25-28-26-22(5-4-12-32(26)29-25)21-10-13-30(14-11-21)19(2)33/h6-9,15-17,21-22H,4-5,10-14H2,1-3H3/t22-/m1/s1. The van der Waals surface area contributed by atoms with Crippen molar-refractivity contribution in [2.45, 2.75) is 52.0 Å². The van der Waals surface area contributed by atoms with Crippen LogP contribution in [0.5, 0.6) is 5.75 Å². The molecule has 4 heterocycles. The highest BCUT2D eigenvalue weighted by Crippen LogP contribution is 2.38. The number of hydrogen-bond acceptors (Lipinski definition) is 5. The topological polar surface area (TPSA) is 78.1 Å². The van der Waals surface area contributed by atoms with Gasteiger partial charge in [0.25, 0.3) is 0 Å². The second kappa shape index (κ2) is 9.44. The number of imidazole rings is 1. The van der Waals surface area contributed by atoms with Gasteiger partial charge in [-0.25, -0.2) is 14.6 Å². The van der Waals surface area contributed by atoms with Crippen molar-refractivity contribution in [2.24, 2.45) is 5.92 Å². The SMILES string of the molecule is COc1cc(C=Cc2nc3n(n2)CCC[C@@H]3C2CCN(C(C)=O)CC2)ccc1-n1cnc(C)c1. The Morgan fingerprint density at radius 2 is 1.97 bits per heavy atom. The molecule has 34 heavy (non-hydrogen) atoms. The van der Waals surface area contributed by atoms with E-state index in [0.29, 0.717) is 11.8 Å². The van der Waals surface area contributed by atoms with Crippen LogP contribution in [0.15, 0.2) is 30.7 Å². The second-order valence-corrected chi connectivity index (χ2v) is 9.33. The number of nitrogens with zero attached hydrogens (tertiary/aromatic N) is 6. The number of likely N-dealkylation sites (tertiary alicyclic amines) is 1. The normalized spacial score (nSPS) is 18.9. The number of benzene rings is 1. The maximum atomic E-state index is 11.7. The summed E-state index contributed by atoms with van der Waals surface area (Å²) < 4.78 is 9.69. The van der Waals surface area contributed by atoms with Crippen LogP contribution in [-0.2, 0) is 11.3 Å². The zero-order valence-electron chi connectivity index (χ0n) is 20.1. The van der Waals surface area contributed by atoms with Crippen LogP contribution in [0.2, 0.25) is 0 Å². The molecule has 0 N–H and O–H groups in total. The van der Waals surface area contributed by atoms with E-state index >= 15 is 0 Å². The molecule has 178 valence electrons. The molecule has 1 amide bonds. The van der Waals surface area contributed by atoms with Gasteiger partial charge in [0.2, 0.25) is 5.91 Å². The molecule has 0 aliphatic carbocycles. The van der Waals surface area contributed by atoms with Gasteiger partial charge in [0, 0.05) is 38.7 Å². The number of carbonyl (C=O) groups excluding carboxylic acids is 1. The number of carbonyl (C=O) groups is 1. The number of hydrogen-bond donors (Lipinski definition) is 0. The molecule has 0 spiro atoms. The van der Waals surface area contributed by atoms with E-state index in [0.717, 1.165) is 79.7 Å². The van der Waals surface area contributed by atoms with Crippen molar-refractivity contribution in [1.82, 2.24) is 29.2 Å². The van der Waals surface area contributed by atoms with Gasteiger partial charge in [0.15, 0.2) is 5.82 Å². The van der Waals surface area contributed by atoms with E-state index in [2.05, 4.69) is 15.7 Å². The van der Waals surface area contributed by atoms with Crippen LogP contribution >= 0.6 is 0 Å². The summed E-state index contributed by atoms with van der Waals surface area (Å²) in [5.41, 5.74) is 2.94. The Hall–Kier alpha value is -3.42. The Kier molecular flexibility index (Phi) is 6.22. The molecule has 0 radical (unpaired) electrons. The molecule has 2 aliphatic rings. The first-order chi connectivity index (χ1) is 16.5. The fourth-order valence-electron chi connectivity index (χ4n) is 5.27. The van der Waals surface area contributed by atoms with Gasteiger partial charge < -0.3 is 14.2 Å². The largest absolute Gasteiger partial charge is 0.495 e. The maximum absolute atomic E-state index is 11.7. The third-order valence-corrected chi connectivity index (χ3v) is 7.11. The summed E-state index contributed by atoms with van der Waals surface area (Å²) in [7, 11) is 1.68. The van der Waals surface area contributed by atoms with Crippen LogP contribution < -0.4 is 4.74 Å². The van der Waals surface area contributed by atoms with E-state index in [1.807, 2.05) is 46.9 Å². The van der Waals surface area contributed by atoms with E-state index in [1.54, 1.807) is 20.4 Å². The Morgan fingerprint density at radius 1 is 1.15 bits per heavy atom. The highest BCUT2D eigenvalue weighted by Gasteiger charge is 2.33. The summed E-state index contributed by atoms with van der Waals surface area (Å²) in [6, 6.07) is 6.11. The molecule has 8 nitrogen and oxygen atoms in total. The minimum Gasteiger partial charge on any atom is -0.495 e. The minimum atomic E-state index is 0.183. The summed E-state index contributed by atoms with van der Waals surface area (Å²) in [6.07, 6.45) is 12.2. The summed E-state index contributed by atoms with van der Waals surface area (Å²) in [6.45, 7) is 6.27. The molecule has 5 rings (SSSR count). The lowest BCUT2D eigenvalue weighted by Crippen LogP contribution is -2.39. The van der Waals surface area contributed by atoms with Crippen LogP contribution in [0.1, 0.15) is 61.4 Å². The smallest absolute Gasteiger partial charge is 0.219 e. The highest BCUT2D eigenvalue weighted by molar-refractivity contribution is 5.73. The lowest BCUT2D eigenvalue weighted by Gasteiger charge is -2.36. The molecular weight excluding hydrogens is 428 g/mol. The number of aryl methyl sites for hydroxylation is 2. The van der Waals surface area contributed by atoms with Crippen molar-refractivity contribution in [3.05, 3.63) is 53.6 Å². The van der Waals surface area contributed by atoms with E-state index in [4.69, 9.17) is 14.8 Å². The number of methoxy groups -OCH3 is 1. The average Bonchev–Trinajstić information content (AvgIpc) is 3.48. The van der Waals surface area contributed by atoms with Crippen molar-refractivity contribution >= 4 is 18.1 Å². The van der Waals surface area contributed by atoms with Gasteiger partial charge in [-0.3, -0.25) is 4.79 Å². The van der Waals surface area contributed by atoms with Gasteiger partial charge >= 0.3 is 0 Å². The number of piperidine rings is 1. The molecule has 1 aromatic carbocycles. The van der Waals surface area contributed by atoms with Crippen molar-refractivity contribution in [3.63, 3.8) is 0 Å². The average molecular weight is 461 g/mol. The fraction of sp³-hybridized carbons (Fsp3) is 0.462. The monoisotopic (exact) mass is 460 g/mol. The number of amides is 1. The molecule has 2 aromatic heterocycles. The molecule has 0 unspecified atom stereocenters. The third kappa shape index (κ3) is 4.49. The minimum absolute atomic E-state index is 0.183. The lowest BCUT2D eigenvalue weighted by molar-refractivity contribution is -0.130. The van der Waals surface area contributed by atoms with Crippen molar-refractivity contribution < 1.29 is 9.53 Å². The van der Waals surface area contributed by atoms with Crippen LogP contribution in [0.4, 0.5) is 0 Å². The maximum Gasteiger partial charge on any atom is 0.219 e. The number of fused-ring (bicyclic) bond motifs is 1. The molecule has 8 heteroatoms. The summed E-state index contributed by atoms with van der Waals surface area (Å²) >= 11 is 0. The Balaban J connectivity index is 1.32. The Morgan fingerprint density at radius 3 is 2.68 bits per heavy atom. The first-order valence-corrected chi connectivity index (χ1v) is 12.1. The molecule has 0 saturated carbocycles. The molecule has 0 bridgehead atoms. The number of ether oxygens (including phenoxy) is 1.